The summed E-state index contributed by atoms with van der Waals surface area (Å²) in [5.41, 5.74) is 1.26. The van der Waals surface area contributed by atoms with Crippen molar-refractivity contribution < 1.29 is 19.7 Å². The molecule has 4 nitrogen and oxygen atoms in total. The fourth-order valence-electron chi connectivity index (χ4n) is 11.0. The SMILES string of the molecule is COC(=O)[C@]12CCC(C)(C)C[C@H]1C1=CC[C@@H]3[C@@]4(C)C[C@H](O)[C@H](O)C(C)(C)[C@@H]4CC[C@@]3(C)[C@]1(C)CC2. The van der Waals surface area contributed by atoms with Gasteiger partial charge >= 0.3 is 5.97 Å². The van der Waals surface area contributed by atoms with E-state index < -0.39 is 12.2 Å². The highest BCUT2D eigenvalue weighted by molar-refractivity contribution is 5.78. The predicted molar refractivity (Wildman–Crippen MR) is 138 cm³/mol. The lowest BCUT2D eigenvalue weighted by Gasteiger charge is -2.71. The fourth-order valence-corrected chi connectivity index (χ4v) is 11.0. The molecule has 0 radical (unpaired) electrons. The number of ether oxygens (including phenoxy) is 1. The van der Waals surface area contributed by atoms with Crippen LogP contribution in [-0.4, -0.2) is 35.5 Å². The van der Waals surface area contributed by atoms with Gasteiger partial charge in [-0.15, -0.1) is 0 Å². The summed E-state index contributed by atoms with van der Waals surface area (Å²) in [6.07, 6.45) is 10.2. The van der Waals surface area contributed by atoms with Gasteiger partial charge < -0.3 is 14.9 Å². The van der Waals surface area contributed by atoms with E-state index in [1.165, 1.54) is 0 Å². The standard InChI is InChI=1S/C31H50O4/c1-26(2)13-15-31(25(34)35-8)16-14-29(6)19(20(31)17-26)9-10-23-28(5)18-21(32)24(33)27(3,4)22(28)11-12-30(23,29)7/h9,20-24,32-33H,10-18H2,1-8H3/t20-,21-,22-,23+,24-,28-,29+,30+,31-/m0/s1. The Hall–Kier alpha value is -0.870. The number of carbonyl (C=O) groups excluding carboxylic acids is 1. The van der Waals surface area contributed by atoms with Crippen LogP contribution in [0.3, 0.4) is 0 Å². The van der Waals surface area contributed by atoms with Crippen molar-refractivity contribution in [2.45, 2.75) is 118 Å². The van der Waals surface area contributed by atoms with Gasteiger partial charge in [-0.05, 0) is 103 Å². The van der Waals surface area contributed by atoms with E-state index in [1.807, 2.05) is 0 Å². The van der Waals surface area contributed by atoms with Crippen molar-refractivity contribution in [1.29, 1.82) is 0 Å². The summed E-state index contributed by atoms with van der Waals surface area (Å²) in [4.78, 5) is 13.4. The topological polar surface area (TPSA) is 66.8 Å². The van der Waals surface area contributed by atoms with Crippen molar-refractivity contribution in [1.82, 2.24) is 0 Å². The molecule has 4 saturated carbocycles. The monoisotopic (exact) mass is 486 g/mol. The zero-order valence-corrected chi connectivity index (χ0v) is 23.5. The van der Waals surface area contributed by atoms with Gasteiger partial charge in [0.15, 0.2) is 0 Å². The number of aliphatic hydroxyl groups is 2. The van der Waals surface area contributed by atoms with Gasteiger partial charge in [0.2, 0.25) is 0 Å². The second kappa shape index (κ2) is 7.59. The molecule has 0 saturated heterocycles. The number of rotatable bonds is 1. The maximum atomic E-state index is 13.4. The number of allylic oxidation sites excluding steroid dienone is 2. The van der Waals surface area contributed by atoms with Gasteiger partial charge in [-0.1, -0.05) is 60.1 Å². The third kappa shape index (κ3) is 3.14. The van der Waals surface area contributed by atoms with Crippen LogP contribution in [0.25, 0.3) is 0 Å². The zero-order valence-electron chi connectivity index (χ0n) is 23.5. The molecule has 35 heavy (non-hydrogen) atoms. The quantitative estimate of drug-likeness (QED) is 0.337. The smallest absolute Gasteiger partial charge is 0.312 e. The molecule has 0 heterocycles. The minimum Gasteiger partial charge on any atom is -0.469 e. The first kappa shape index (κ1) is 25.8. The zero-order chi connectivity index (χ0) is 25.8. The van der Waals surface area contributed by atoms with Crippen LogP contribution in [0.2, 0.25) is 0 Å². The Labute approximate surface area is 213 Å². The molecule has 4 fully saturated rings. The lowest BCUT2D eigenvalue weighted by molar-refractivity contribution is -0.232. The van der Waals surface area contributed by atoms with E-state index in [1.54, 1.807) is 12.7 Å². The molecule has 0 aliphatic heterocycles. The van der Waals surface area contributed by atoms with Crippen LogP contribution in [0.1, 0.15) is 106 Å². The average Bonchev–Trinajstić information content (AvgIpc) is 2.77. The molecule has 0 unspecified atom stereocenters. The molecule has 0 aromatic rings. The molecule has 4 heteroatoms. The Morgan fingerprint density at radius 2 is 1.57 bits per heavy atom. The van der Waals surface area contributed by atoms with Crippen LogP contribution in [0.15, 0.2) is 11.6 Å². The predicted octanol–water partition coefficient (Wildman–Crippen LogP) is 6.29. The van der Waals surface area contributed by atoms with E-state index in [0.29, 0.717) is 18.3 Å². The summed E-state index contributed by atoms with van der Waals surface area (Å²) >= 11 is 0. The highest BCUT2D eigenvalue weighted by Gasteiger charge is 2.70. The van der Waals surface area contributed by atoms with Crippen LogP contribution in [0.4, 0.5) is 0 Å². The van der Waals surface area contributed by atoms with Crippen LogP contribution in [0, 0.1) is 50.2 Å². The summed E-state index contributed by atoms with van der Waals surface area (Å²) in [7, 11) is 1.57. The number of hydrogen-bond donors (Lipinski definition) is 2. The molecule has 0 aromatic heterocycles. The molecule has 0 spiro atoms. The van der Waals surface area contributed by atoms with E-state index in [0.717, 1.165) is 51.4 Å². The van der Waals surface area contributed by atoms with Crippen molar-refractivity contribution in [3.05, 3.63) is 11.6 Å². The minimum atomic E-state index is -0.663. The molecular weight excluding hydrogens is 436 g/mol. The van der Waals surface area contributed by atoms with Gasteiger partial charge in [-0.2, -0.15) is 0 Å². The number of carbonyl (C=O) groups is 1. The highest BCUT2D eigenvalue weighted by Crippen LogP contribution is 2.75. The molecule has 0 bridgehead atoms. The van der Waals surface area contributed by atoms with Crippen molar-refractivity contribution >= 4 is 5.97 Å². The van der Waals surface area contributed by atoms with Crippen molar-refractivity contribution in [3.63, 3.8) is 0 Å². The number of fused-ring (bicyclic) bond motifs is 7. The molecule has 0 aromatic carbocycles. The number of esters is 1. The second-order valence-corrected chi connectivity index (χ2v) is 15.4. The van der Waals surface area contributed by atoms with Crippen LogP contribution in [0.5, 0.6) is 0 Å². The number of hydrogen-bond acceptors (Lipinski definition) is 4. The third-order valence-electron chi connectivity index (χ3n) is 13.2. The first-order valence-corrected chi connectivity index (χ1v) is 14.2. The normalized spacial score (nSPS) is 52.2. The Kier molecular flexibility index (Phi) is 5.59. The van der Waals surface area contributed by atoms with Gasteiger partial charge in [0, 0.05) is 0 Å². The van der Waals surface area contributed by atoms with Gasteiger partial charge in [0.25, 0.3) is 0 Å². The maximum Gasteiger partial charge on any atom is 0.312 e. The average molecular weight is 487 g/mol. The summed E-state index contributed by atoms with van der Waals surface area (Å²) in [6, 6.07) is 0. The molecule has 5 aliphatic carbocycles. The summed E-state index contributed by atoms with van der Waals surface area (Å²) in [5, 5.41) is 21.9. The Bertz CT molecular complexity index is 934. The highest BCUT2D eigenvalue weighted by atomic mass is 16.5. The molecule has 5 aliphatic rings. The molecule has 2 N–H and O–H groups in total. The van der Waals surface area contributed by atoms with Gasteiger partial charge in [-0.25, -0.2) is 0 Å². The molecule has 5 rings (SSSR count). The van der Waals surface area contributed by atoms with Crippen molar-refractivity contribution in [2.75, 3.05) is 7.11 Å². The molecular formula is C31H50O4. The fraction of sp³-hybridized carbons (Fsp3) is 0.903. The van der Waals surface area contributed by atoms with Crippen LogP contribution >= 0.6 is 0 Å². The number of aliphatic hydroxyl groups excluding tert-OH is 2. The Balaban J connectivity index is 1.61. The van der Waals surface area contributed by atoms with Crippen molar-refractivity contribution in [2.24, 2.45) is 50.2 Å². The molecule has 198 valence electrons. The number of methoxy groups -OCH3 is 1. The lowest BCUT2D eigenvalue weighted by Crippen LogP contribution is -2.67. The third-order valence-corrected chi connectivity index (χ3v) is 13.2. The Morgan fingerprint density at radius 3 is 2.23 bits per heavy atom. The van der Waals surface area contributed by atoms with E-state index in [2.05, 4.69) is 54.5 Å². The van der Waals surface area contributed by atoms with Crippen LogP contribution in [-0.2, 0) is 9.53 Å². The van der Waals surface area contributed by atoms with E-state index >= 15 is 0 Å². The van der Waals surface area contributed by atoms with E-state index in [-0.39, 0.29) is 44.4 Å². The van der Waals surface area contributed by atoms with Gasteiger partial charge in [-0.3, -0.25) is 4.79 Å². The van der Waals surface area contributed by atoms with Gasteiger partial charge in [0.05, 0.1) is 24.7 Å². The van der Waals surface area contributed by atoms with E-state index in [9.17, 15) is 15.0 Å². The van der Waals surface area contributed by atoms with Crippen LogP contribution < -0.4 is 0 Å². The van der Waals surface area contributed by atoms with Crippen molar-refractivity contribution in [3.8, 4) is 0 Å². The minimum absolute atomic E-state index is 0.00929. The molecule has 0 amide bonds. The largest absolute Gasteiger partial charge is 0.469 e. The first-order valence-electron chi connectivity index (χ1n) is 14.2. The maximum absolute atomic E-state index is 13.4. The van der Waals surface area contributed by atoms with E-state index in [4.69, 9.17) is 4.74 Å². The summed E-state index contributed by atoms with van der Waals surface area (Å²) < 4.78 is 5.48. The summed E-state index contributed by atoms with van der Waals surface area (Å²) in [5.74, 6) is 1.13. The second-order valence-electron chi connectivity index (χ2n) is 15.4. The lowest BCUT2D eigenvalue weighted by atomic mass is 9.33. The molecule has 9 atom stereocenters. The summed E-state index contributed by atoms with van der Waals surface area (Å²) in [6.45, 7) is 16.6. The first-order chi connectivity index (χ1) is 16.1. The Morgan fingerprint density at radius 1 is 0.914 bits per heavy atom. The van der Waals surface area contributed by atoms with Gasteiger partial charge in [0.1, 0.15) is 0 Å².